The van der Waals surface area contributed by atoms with Crippen molar-refractivity contribution in [1.82, 2.24) is 0 Å². The lowest BCUT2D eigenvalue weighted by Crippen LogP contribution is -2.46. The lowest BCUT2D eigenvalue weighted by atomic mass is 9.92. The molecule has 2 aromatic rings. The molecule has 2 aromatic carbocycles. The number of nitrogens with two attached hydrogens (primary N) is 2. The van der Waals surface area contributed by atoms with Gasteiger partial charge in [-0.15, -0.1) is 0 Å². The molecule has 4 nitrogen and oxygen atoms in total. The van der Waals surface area contributed by atoms with Gasteiger partial charge in [0.1, 0.15) is 5.66 Å². The number of rotatable bonds is 1. The summed E-state index contributed by atoms with van der Waals surface area (Å²) in [5, 5.41) is 0. The lowest BCUT2D eigenvalue weighted by molar-refractivity contribution is -0.298. The van der Waals surface area contributed by atoms with E-state index >= 15 is 0 Å². The zero-order chi connectivity index (χ0) is 20.5. The van der Waals surface area contributed by atoms with E-state index in [4.69, 9.17) is 20.9 Å². The highest BCUT2D eigenvalue weighted by molar-refractivity contribution is 5.81. The topological polar surface area (TPSA) is 70.5 Å². The summed E-state index contributed by atoms with van der Waals surface area (Å²) in [4.78, 5) is 0. The van der Waals surface area contributed by atoms with Gasteiger partial charge in [0.2, 0.25) is 0 Å². The Balaban J connectivity index is 1.77. The molecule has 1 heterocycles. The largest absolute Gasteiger partial charge is 0.416 e. The van der Waals surface area contributed by atoms with E-state index in [2.05, 4.69) is 13.8 Å². The fourth-order valence-corrected chi connectivity index (χ4v) is 3.76. The molecule has 1 fully saturated rings. The van der Waals surface area contributed by atoms with Crippen LogP contribution < -0.4 is 11.5 Å². The van der Waals surface area contributed by atoms with Crippen molar-refractivity contribution in [3.63, 3.8) is 0 Å². The molecule has 0 bridgehead atoms. The number of fused-ring (bicyclic) bond motifs is 3. The molecule has 4 N–H and O–H groups in total. The second-order valence-corrected chi connectivity index (χ2v) is 8.57. The van der Waals surface area contributed by atoms with Gasteiger partial charge in [-0.25, -0.2) is 0 Å². The van der Waals surface area contributed by atoms with Crippen LogP contribution in [-0.2, 0) is 27.1 Å². The van der Waals surface area contributed by atoms with Crippen LogP contribution in [-0.4, -0.2) is 13.2 Å². The molecule has 1 aliphatic carbocycles. The van der Waals surface area contributed by atoms with Gasteiger partial charge < -0.3 is 20.9 Å². The highest BCUT2D eigenvalue weighted by atomic mass is 19.4. The zero-order valence-electron chi connectivity index (χ0n) is 16.0. The van der Waals surface area contributed by atoms with Gasteiger partial charge in [-0.2, -0.15) is 13.2 Å². The van der Waals surface area contributed by atoms with Crippen molar-refractivity contribution >= 4 is 0 Å². The number of ether oxygens (including phenoxy) is 2. The summed E-state index contributed by atoms with van der Waals surface area (Å²) in [7, 11) is 0. The standard InChI is InChI=1S/C21H23F3N2O2/c1-18(2)10-27-19(3,28-11-18)12-4-6-14-15-7-5-13(21(22,23)24)9-17(15)20(25,26)16(14)8-12/h4-9H,10-11,25-26H2,1-3H3. The summed E-state index contributed by atoms with van der Waals surface area (Å²) in [5.41, 5.74) is 13.1. The first-order chi connectivity index (χ1) is 12.8. The molecule has 0 saturated carbocycles. The van der Waals surface area contributed by atoms with E-state index in [0.717, 1.165) is 23.3 Å². The van der Waals surface area contributed by atoms with Gasteiger partial charge in [0, 0.05) is 11.0 Å². The summed E-state index contributed by atoms with van der Waals surface area (Å²) in [6.07, 6.45) is -4.46. The maximum atomic E-state index is 13.1. The molecular formula is C21H23F3N2O2. The van der Waals surface area contributed by atoms with Crippen LogP contribution >= 0.6 is 0 Å². The van der Waals surface area contributed by atoms with Crippen molar-refractivity contribution in [2.75, 3.05) is 13.2 Å². The van der Waals surface area contributed by atoms with Crippen LogP contribution in [0.1, 0.15) is 43.0 Å². The maximum Gasteiger partial charge on any atom is 0.416 e. The summed E-state index contributed by atoms with van der Waals surface area (Å²) >= 11 is 0. The molecule has 0 unspecified atom stereocenters. The quantitative estimate of drug-likeness (QED) is 0.719. The molecule has 1 aliphatic heterocycles. The minimum Gasteiger partial charge on any atom is -0.345 e. The van der Waals surface area contributed by atoms with Crippen molar-refractivity contribution in [3.8, 4) is 11.1 Å². The Kier molecular flexibility index (Phi) is 4.01. The molecule has 4 rings (SSSR count). The highest BCUT2D eigenvalue weighted by Gasteiger charge is 2.43. The van der Waals surface area contributed by atoms with E-state index in [1.165, 1.54) is 6.07 Å². The van der Waals surface area contributed by atoms with Crippen LogP contribution in [0.4, 0.5) is 13.2 Å². The molecule has 0 aromatic heterocycles. The summed E-state index contributed by atoms with van der Waals surface area (Å²) < 4.78 is 51.4. The molecule has 0 spiro atoms. The van der Waals surface area contributed by atoms with Crippen LogP contribution in [0.15, 0.2) is 36.4 Å². The monoisotopic (exact) mass is 392 g/mol. The third kappa shape index (κ3) is 2.93. The molecule has 2 aliphatic rings. The molecule has 0 radical (unpaired) electrons. The number of benzene rings is 2. The van der Waals surface area contributed by atoms with Crippen molar-refractivity contribution in [2.45, 2.75) is 38.4 Å². The predicted molar refractivity (Wildman–Crippen MR) is 99.1 cm³/mol. The molecule has 150 valence electrons. The lowest BCUT2D eigenvalue weighted by Gasteiger charge is -2.42. The molecular weight excluding hydrogens is 369 g/mol. The number of hydrogen-bond donors (Lipinski definition) is 2. The summed E-state index contributed by atoms with van der Waals surface area (Å²) in [5.74, 6) is -0.966. The number of alkyl halides is 3. The Morgan fingerprint density at radius 3 is 1.96 bits per heavy atom. The van der Waals surface area contributed by atoms with Gasteiger partial charge >= 0.3 is 6.18 Å². The van der Waals surface area contributed by atoms with Crippen LogP contribution in [0.3, 0.4) is 0 Å². The summed E-state index contributed by atoms with van der Waals surface area (Å²) in [6, 6.07) is 8.95. The van der Waals surface area contributed by atoms with E-state index in [-0.39, 0.29) is 11.0 Å². The highest BCUT2D eigenvalue weighted by Crippen LogP contribution is 2.47. The first-order valence-electron chi connectivity index (χ1n) is 9.06. The Labute approximate surface area is 161 Å². The minimum atomic E-state index is -4.46. The third-order valence-electron chi connectivity index (χ3n) is 5.55. The molecule has 0 amide bonds. The fraction of sp³-hybridized carbons (Fsp3) is 0.429. The molecule has 1 saturated heterocycles. The average molecular weight is 392 g/mol. The van der Waals surface area contributed by atoms with Gasteiger partial charge in [-0.1, -0.05) is 32.0 Å². The molecule has 0 atom stereocenters. The van der Waals surface area contributed by atoms with E-state index in [0.29, 0.717) is 24.3 Å². The Hall–Kier alpha value is -1.93. The van der Waals surface area contributed by atoms with E-state index in [9.17, 15) is 13.2 Å². The summed E-state index contributed by atoms with van der Waals surface area (Å²) in [6.45, 7) is 6.96. The smallest absolute Gasteiger partial charge is 0.345 e. The van der Waals surface area contributed by atoms with E-state index in [1.54, 1.807) is 6.07 Å². The maximum absolute atomic E-state index is 13.1. The van der Waals surface area contributed by atoms with Gasteiger partial charge in [-0.05, 0) is 47.4 Å². The second kappa shape index (κ2) is 5.79. The number of hydrogen-bond acceptors (Lipinski definition) is 4. The molecule has 28 heavy (non-hydrogen) atoms. The third-order valence-corrected chi connectivity index (χ3v) is 5.55. The fourth-order valence-electron chi connectivity index (χ4n) is 3.76. The van der Waals surface area contributed by atoms with Gasteiger partial charge in [0.15, 0.2) is 5.79 Å². The van der Waals surface area contributed by atoms with Crippen LogP contribution in [0.25, 0.3) is 11.1 Å². The van der Waals surface area contributed by atoms with Crippen LogP contribution in [0.5, 0.6) is 0 Å². The van der Waals surface area contributed by atoms with Crippen molar-refractivity contribution in [1.29, 1.82) is 0 Å². The van der Waals surface area contributed by atoms with Crippen molar-refractivity contribution in [2.24, 2.45) is 16.9 Å². The van der Waals surface area contributed by atoms with Crippen molar-refractivity contribution < 1.29 is 22.6 Å². The Morgan fingerprint density at radius 1 is 0.857 bits per heavy atom. The first kappa shape index (κ1) is 19.4. The molecule has 7 heteroatoms. The number of halogens is 3. The van der Waals surface area contributed by atoms with E-state index < -0.39 is 23.2 Å². The normalized spacial score (nSPS) is 21.9. The Morgan fingerprint density at radius 2 is 1.39 bits per heavy atom. The average Bonchev–Trinajstić information content (AvgIpc) is 2.84. The van der Waals surface area contributed by atoms with Gasteiger partial charge in [0.25, 0.3) is 0 Å². The van der Waals surface area contributed by atoms with Crippen molar-refractivity contribution in [3.05, 3.63) is 58.7 Å². The van der Waals surface area contributed by atoms with Crippen LogP contribution in [0, 0.1) is 5.41 Å². The minimum absolute atomic E-state index is 0.0913. The van der Waals surface area contributed by atoms with Crippen LogP contribution in [0.2, 0.25) is 0 Å². The van der Waals surface area contributed by atoms with Gasteiger partial charge in [0.05, 0.1) is 18.8 Å². The van der Waals surface area contributed by atoms with Gasteiger partial charge in [-0.3, -0.25) is 0 Å². The zero-order valence-corrected chi connectivity index (χ0v) is 16.0. The SMILES string of the molecule is CC1(C)COC(C)(c2ccc3c(c2)C(N)(N)c2cc(C(F)(F)F)ccc2-3)OC1. The first-order valence-corrected chi connectivity index (χ1v) is 9.06. The Bertz CT molecular complexity index is 941. The van der Waals surface area contributed by atoms with E-state index in [1.807, 2.05) is 19.1 Å². The predicted octanol–water partition coefficient (Wildman–Crippen LogP) is 4.05. The second-order valence-electron chi connectivity index (χ2n) is 8.57.